The van der Waals surface area contributed by atoms with Gasteiger partial charge in [-0.15, -0.1) is 11.3 Å². The Morgan fingerprint density at radius 3 is 2.83 bits per heavy atom. The Labute approximate surface area is 112 Å². The predicted octanol–water partition coefficient (Wildman–Crippen LogP) is 1.85. The van der Waals surface area contributed by atoms with E-state index in [1.54, 1.807) is 11.3 Å². The minimum atomic E-state index is 0.169. The summed E-state index contributed by atoms with van der Waals surface area (Å²) in [6.07, 6.45) is 1.89. The van der Waals surface area contributed by atoms with Crippen molar-refractivity contribution >= 4 is 11.3 Å². The van der Waals surface area contributed by atoms with Crippen LogP contribution in [0.2, 0.25) is 0 Å². The first-order valence-corrected chi connectivity index (χ1v) is 7.16. The van der Waals surface area contributed by atoms with E-state index in [1.807, 2.05) is 11.6 Å². The fourth-order valence-electron chi connectivity index (χ4n) is 1.85. The molecule has 0 saturated heterocycles. The van der Waals surface area contributed by atoms with E-state index in [-0.39, 0.29) is 6.04 Å². The zero-order valence-electron chi connectivity index (χ0n) is 10.4. The minimum Gasteiger partial charge on any atom is -0.326 e. The van der Waals surface area contributed by atoms with Gasteiger partial charge in [-0.05, 0) is 12.0 Å². The number of hydrogen-bond donors (Lipinski definition) is 2. The van der Waals surface area contributed by atoms with E-state index in [0.29, 0.717) is 0 Å². The Morgan fingerprint density at radius 2 is 2.11 bits per heavy atom. The van der Waals surface area contributed by atoms with Crippen molar-refractivity contribution in [1.29, 1.82) is 0 Å². The van der Waals surface area contributed by atoms with Gasteiger partial charge < -0.3 is 11.1 Å². The molecule has 0 aliphatic heterocycles. The fraction of sp³-hybridized carbons (Fsp3) is 0.357. The molecule has 1 aromatic carbocycles. The molecule has 0 aliphatic rings. The summed E-state index contributed by atoms with van der Waals surface area (Å²) in [5.41, 5.74) is 10.4. The smallest absolute Gasteiger partial charge is 0.0794 e. The van der Waals surface area contributed by atoms with Crippen LogP contribution in [0, 0.1) is 0 Å². The highest BCUT2D eigenvalue weighted by Crippen LogP contribution is 2.02. The third-order valence-corrected chi connectivity index (χ3v) is 3.42. The van der Waals surface area contributed by atoms with Gasteiger partial charge in [0.05, 0.1) is 11.2 Å². The van der Waals surface area contributed by atoms with Crippen LogP contribution < -0.4 is 11.1 Å². The summed E-state index contributed by atoms with van der Waals surface area (Å²) in [6, 6.07) is 10.5. The molecule has 3 nitrogen and oxygen atoms in total. The topological polar surface area (TPSA) is 50.9 Å². The normalized spacial score (nSPS) is 12.5. The number of aromatic nitrogens is 1. The van der Waals surface area contributed by atoms with Crippen LogP contribution in [0.3, 0.4) is 0 Å². The molecule has 0 bridgehead atoms. The van der Waals surface area contributed by atoms with Crippen LogP contribution in [0.5, 0.6) is 0 Å². The van der Waals surface area contributed by atoms with Crippen LogP contribution in [-0.2, 0) is 12.8 Å². The Kier molecular flexibility index (Phi) is 5.33. The summed E-state index contributed by atoms with van der Waals surface area (Å²) in [5.74, 6) is 0. The molecule has 4 heteroatoms. The summed E-state index contributed by atoms with van der Waals surface area (Å²) in [6.45, 7) is 1.78. The molecule has 0 saturated carbocycles. The molecule has 96 valence electrons. The second-order valence-corrected chi connectivity index (χ2v) is 5.10. The third kappa shape index (κ3) is 4.56. The maximum atomic E-state index is 6.09. The third-order valence-electron chi connectivity index (χ3n) is 2.79. The monoisotopic (exact) mass is 261 g/mol. The first-order chi connectivity index (χ1) is 8.84. The zero-order chi connectivity index (χ0) is 12.6. The maximum absolute atomic E-state index is 6.09. The largest absolute Gasteiger partial charge is 0.326 e. The Morgan fingerprint density at radius 1 is 1.28 bits per heavy atom. The van der Waals surface area contributed by atoms with Gasteiger partial charge >= 0.3 is 0 Å². The number of nitrogens with two attached hydrogens (primary N) is 1. The van der Waals surface area contributed by atoms with Crippen molar-refractivity contribution < 1.29 is 0 Å². The SMILES string of the molecule is N[C@@H](CNCCc1cscn1)Cc1ccccc1. The molecular formula is C14H19N3S. The first-order valence-electron chi connectivity index (χ1n) is 6.22. The summed E-state index contributed by atoms with van der Waals surface area (Å²) in [7, 11) is 0. The van der Waals surface area contributed by atoms with Crippen molar-refractivity contribution in [2.24, 2.45) is 5.73 Å². The molecule has 0 amide bonds. The summed E-state index contributed by atoms with van der Waals surface area (Å²) >= 11 is 1.64. The second-order valence-electron chi connectivity index (χ2n) is 4.38. The number of nitrogens with one attached hydrogen (secondary N) is 1. The molecule has 2 rings (SSSR count). The number of nitrogens with zero attached hydrogens (tertiary/aromatic N) is 1. The Balaban J connectivity index is 1.62. The van der Waals surface area contributed by atoms with Crippen LogP contribution in [0.15, 0.2) is 41.2 Å². The lowest BCUT2D eigenvalue weighted by Gasteiger charge is -2.12. The average molecular weight is 261 g/mol. The van der Waals surface area contributed by atoms with Gasteiger partial charge in [0.25, 0.3) is 0 Å². The van der Waals surface area contributed by atoms with E-state index in [1.165, 1.54) is 5.56 Å². The van der Waals surface area contributed by atoms with E-state index in [4.69, 9.17) is 5.73 Å². The molecule has 1 aromatic heterocycles. The summed E-state index contributed by atoms with van der Waals surface area (Å²) < 4.78 is 0. The van der Waals surface area contributed by atoms with Crippen molar-refractivity contribution in [3.05, 3.63) is 52.5 Å². The number of hydrogen-bond acceptors (Lipinski definition) is 4. The van der Waals surface area contributed by atoms with Crippen molar-refractivity contribution in [3.8, 4) is 0 Å². The van der Waals surface area contributed by atoms with E-state index in [2.05, 4.69) is 39.9 Å². The molecular weight excluding hydrogens is 242 g/mol. The highest BCUT2D eigenvalue weighted by atomic mass is 32.1. The lowest BCUT2D eigenvalue weighted by atomic mass is 10.1. The van der Waals surface area contributed by atoms with E-state index < -0.39 is 0 Å². The fourth-order valence-corrected chi connectivity index (χ4v) is 2.45. The van der Waals surface area contributed by atoms with E-state index >= 15 is 0 Å². The zero-order valence-corrected chi connectivity index (χ0v) is 11.2. The van der Waals surface area contributed by atoms with Crippen LogP contribution >= 0.6 is 11.3 Å². The molecule has 0 unspecified atom stereocenters. The summed E-state index contributed by atoms with van der Waals surface area (Å²) in [5, 5.41) is 5.47. The Bertz CT molecular complexity index is 428. The molecule has 2 aromatic rings. The molecule has 1 heterocycles. The molecule has 18 heavy (non-hydrogen) atoms. The van der Waals surface area contributed by atoms with Gasteiger partial charge in [0.15, 0.2) is 0 Å². The Hall–Kier alpha value is -1.23. The maximum Gasteiger partial charge on any atom is 0.0794 e. The highest BCUT2D eigenvalue weighted by Gasteiger charge is 2.03. The molecule has 1 atom stereocenters. The lowest BCUT2D eigenvalue weighted by molar-refractivity contribution is 0.573. The number of thiazole rings is 1. The average Bonchev–Trinajstić information content (AvgIpc) is 2.89. The molecule has 0 radical (unpaired) electrons. The number of benzene rings is 1. The van der Waals surface area contributed by atoms with Crippen molar-refractivity contribution in [2.75, 3.05) is 13.1 Å². The van der Waals surface area contributed by atoms with Crippen molar-refractivity contribution in [2.45, 2.75) is 18.9 Å². The second kappa shape index (κ2) is 7.26. The van der Waals surface area contributed by atoms with E-state index in [9.17, 15) is 0 Å². The van der Waals surface area contributed by atoms with Gasteiger partial charge in [-0.2, -0.15) is 0 Å². The van der Waals surface area contributed by atoms with Crippen LogP contribution in [0.1, 0.15) is 11.3 Å². The molecule has 0 spiro atoms. The number of rotatable bonds is 7. The van der Waals surface area contributed by atoms with Crippen LogP contribution in [0.4, 0.5) is 0 Å². The van der Waals surface area contributed by atoms with Gasteiger partial charge in [-0.25, -0.2) is 4.98 Å². The first kappa shape index (κ1) is 13.2. The van der Waals surface area contributed by atoms with Gasteiger partial charge in [0, 0.05) is 30.9 Å². The van der Waals surface area contributed by atoms with E-state index in [0.717, 1.165) is 31.6 Å². The van der Waals surface area contributed by atoms with Gasteiger partial charge in [-0.3, -0.25) is 0 Å². The quantitative estimate of drug-likeness (QED) is 0.748. The molecule has 0 aliphatic carbocycles. The predicted molar refractivity (Wildman–Crippen MR) is 76.8 cm³/mol. The van der Waals surface area contributed by atoms with Crippen molar-refractivity contribution in [3.63, 3.8) is 0 Å². The van der Waals surface area contributed by atoms with Gasteiger partial charge in [0.2, 0.25) is 0 Å². The van der Waals surface area contributed by atoms with Crippen LogP contribution in [-0.4, -0.2) is 24.1 Å². The van der Waals surface area contributed by atoms with Crippen LogP contribution in [0.25, 0.3) is 0 Å². The lowest BCUT2D eigenvalue weighted by Crippen LogP contribution is -2.36. The molecule has 3 N–H and O–H groups in total. The van der Waals surface area contributed by atoms with Gasteiger partial charge in [0.1, 0.15) is 0 Å². The van der Waals surface area contributed by atoms with Crippen molar-refractivity contribution in [1.82, 2.24) is 10.3 Å². The standard InChI is InChI=1S/C14H19N3S/c15-13(8-12-4-2-1-3-5-12)9-16-7-6-14-10-18-11-17-14/h1-5,10-11,13,16H,6-9,15H2/t13-/m1/s1. The molecule has 0 fully saturated rings. The summed E-state index contributed by atoms with van der Waals surface area (Å²) in [4.78, 5) is 4.25. The van der Waals surface area contributed by atoms with Gasteiger partial charge in [-0.1, -0.05) is 30.3 Å². The minimum absolute atomic E-state index is 0.169. The highest BCUT2D eigenvalue weighted by molar-refractivity contribution is 7.07.